The number of hydrogen-bond donors (Lipinski definition) is 1. The minimum Gasteiger partial charge on any atom is -0.478 e. The number of nitrogens with zero attached hydrogens (tertiary/aromatic N) is 1. The average Bonchev–Trinajstić information content (AvgIpc) is 2.81. The Morgan fingerprint density at radius 2 is 2.05 bits per heavy atom. The highest BCUT2D eigenvalue weighted by atomic mass is 19.1. The Hall–Kier alpha value is -2.69. The summed E-state index contributed by atoms with van der Waals surface area (Å²) in [6.07, 6.45) is 0. The molecule has 0 fully saturated rings. The molecule has 1 N–H and O–H groups in total. The second-order valence-electron chi connectivity index (χ2n) is 4.02. The number of carboxylic acids is 1. The molecular weight excluding hydrogens is 249 g/mol. The summed E-state index contributed by atoms with van der Waals surface area (Å²) < 4.78 is 18.5. The van der Waals surface area contributed by atoms with Crippen LogP contribution in [0.15, 0.2) is 46.9 Å². The largest absolute Gasteiger partial charge is 0.478 e. The van der Waals surface area contributed by atoms with Crippen LogP contribution in [0.5, 0.6) is 0 Å². The fraction of sp³-hybridized carbons (Fsp3) is 0. The van der Waals surface area contributed by atoms with Crippen molar-refractivity contribution in [1.29, 1.82) is 0 Å². The van der Waals surface area contributed by atoms with Gasteiger partial charge in [0.15, 0.2) is 5.58 Å². The fourth-order valence-electron chi connectivity index (χ4n) is 1.81. The van der Waals surface area contributed by atoms with E-state index in [9.17, 15) is 9.18 Å². The van der Waals surface area contributed by atoms with Gasteiger partial charge in [0.2, 0.25) is 5.89 Å². The van der Waals surface area contributed by atoms with E-state index in [1.807, 2.05) is 0 Å². The summed E-state index contributed by atoms with van der Waals surface area (Å²) in [6.45, 7) is 0. The van der Waals surface area contributed by atoms with Crippen LogP contribution in [0.3, 0.4) is 0 Å². The van der Waals surface area contributed by atoms with Crippen molar-refractivity contribution in [3.05, 3.63) is 53.8 Å². The van der Waals surface area contributed by atoms with E-state index in [0.717, 1.165) is 0 Å². The summed E-state index contributed by atoms with van der Waals surface area (Å²) in [5.74, 6) is -1.16. The van der Waals surface area contributed by atoms with Crippen molar-refractivity contribution in [2.75, 3.05) is 0 Å². The Morgan fingerprint density at radius 3 is 2.84 bits per heavy atom. The van der Waals surface area contributed by atoms with Crippen molar-refractivity contribution < 1.29 is 18.7 Å². The highest BCUT2D eigenvalue weighted by Gasteiger charge is 2.11. The molecular formula is C14H8FNO3. The zero-order valence-corrected chi connectivity index (χ0v) is 9.63. The van der Waals surface area contributed by atoms with E-state index in [1.165, 1.54) is 30.3 Å². The minimum atomic E-state index is -1.02. The quantitative estimate of drug-likeness (QED) is 0.764. The number of carboxylic acid groups (broad SMARTS) is 1. The van der Waals surface area contributed by atoms with Crippen molar-refractivity contribution in [2.24, 2.45) is 0 Å². The topological polar surface area (TPSA) is 63.3 Å². The van der Waals surface area contributed by atoms with Gasteiger partial charge in [0.25, 0.3) is 0 Å². The van der Waals surface area contributed by atoms with Crippen LogP contribution in [-0.2, 0) is 0 Å². The summed E-state index contributed by atoms with van der Waals surface area (Å²) in [6, 6.07) is 10.3. The van der Waals surface area contributed by atoms with E-state index in [0.29, 0.717) is 16.7 Å². The number of aromatic nitrogens is 1. The smallest absolute Gasteiger partial charge is 0.335 e. The fourth-order valence-corrected chi connectivity index (χ4v) is 1.81. The maximum Gasteiger partial charge on any atom is 0.335 e. The first-order valence-corrected chi connectivity index (χ1v) is 5.53. The average molecular weight is 257 g/mol. The van der Waals surface area contributed by atoms with E-state index >= 15 is 0 Å². The van der Waals surface area contributed by atoms with Crippen molar-refractivity contribution in [3.8, 4) is 11.5 Å². The van der Waals surface area contributed by atoms with Gasteiger partial charge in [-0.2, -0.15) is 0 Å². The standard InChI is InChI=1S/C14H8FNO3/c15-10-4-5-11-12(7-10)19-13(16-11)8-2-1-3-9(6-8)14(17)18/h1-7H,(H,17,18). The summed E-state index contributed by atoms with van der Waals surface area (Å²) in [4.78, 5) is 15.1. The van der Waals surface area contributed by atoms with Crippen LogP contribution in [0, 0.1) is 5.82 Å². The lowest BCUT2D eigenvalue weighted by atomic mass is 10.1. The molecule has 0 saturated carbocycles. The second kappa shape index (κ2) is 4.20. The Morgan fingerprint density at radius 1 is 1.21 bits per heavy atom. The second-order valence-corrected chi connectivity index (χ2v) is 4.02. The maximum atomic E-state index is 13.1. The van der Waals surface area contributed by atoms with Crippen molar-refractivity contribution >= 4 is 17.1 Å². The van der Waals surface area contributed by atoms with Gasteiger partial charge in [-0.05, 0) is 30.3 Å². The molecule has 0 atom stereocenters. The maximum absolute atomic E-state index is 13.1. The zero-order chi connectivity index (χ0) is 13.4. The van der Waals surface area contributed by atoms with Gasteiger partial charge in [-0.15, -0.1) is 0 Å². The van der Waals surface area contributed by atoms with Crippen molar-refractivity contribution in [2.45, 2.75) is 0 Å². The Labute approximate surface area is 107 Å². The van der Waals surface area contributed by atoms with Gasteiger partial charge >= 0.3 is 5.97 Å². The van der Waals surface area contributed by atoms with Crippen LogP contribution in [0.2, 0.25) is 0 Å². The molecule has 1 aromatic heterocycles. The van der Waals surface area contributed by atoms with Gasteiger partial charge < -0.3 is 9.52 Å². The molecule has 0 radical (unpaired) electrons. The first kappa shape index (κ1) is 11.4. The van der Waals surface area contributed by atoms with Crippen LogP contribution in [0.4, 0.5) is 4.39 Å². The van der Waals surface area contributed by atoms with Gasteiger partial charge in [-0.25, -0.2) is 14.2 Å². The molecule has 0 aliphatic heterocycles. The molecule has 0 aliphatic rings. The lowest BCUT2D eigenvalue weighted by molar-refractivity contribution is 0.0697. The predicted molar refractivity (Wildman–Crippen MR) is 66.4 cm³/mol. The summed E-state index contributed by atoms with van der Waals surface area (Å²) in [5, 5.41) is 8.93. The lowest BCUT2D eigenvalue weighted by Gasteiger charge is -1.97. The number of carbonyl (C=O) groups is 1. The molecule has 5 heteroatoms. The molecule has 19 heavy (non-hydrogen) atoms. The first-order chi connectivity index (χ1) is 9.13. The van der Waals surface area contributed by atoms with Crippen LogP contribution in [-0.4, -0.2) is 16.1 Å². The lowest BCUT2D eigenvalue weighted by Crippen LogP contribution is -1.95. The van der Waals surface area contributed by atoms with Crippen molar-refractivity contribution in [1.82, 2.24) is 4.98 Å². The SMILES string of the molecule is O=C(O)c1cccc(-c2nc3ccc(F)cc3o2)c1. The van der Waals surface area contributed by atoms with E-state index in [-0.39, 0.29) is 11.5 Å². The number of rotatable bonds is 2. The van der Waals surface area contributed by atoms with Gasteiger partial charge in [0, 0.05) is 11.6 Å². The van der Waals surface area contributed by atoms with E-state index in [1.54, 1.807) is 12.1 Å². The monoisotopic (exact) mass is 257 g/mol. The highest BCUT2D eigenvalue weighted by molar-refractivity contribution is 5.89. The van der Waals surface area contributed by atoms with Crippen molar-refractivity contribution in [3.63, 3.8) is 0 Å². The van der Waals surface area contributed by atoms with Gasteiger partial charge in [-0.1, -0.05) is 6.07 Å². The number of aromatic carboxylic acids is 1. The molecule has 1 heterocycles. The first-order valence-electron chi connectivity index (χ1n) is 5.53. The van der Waals surface area contributed by atoms with E-state index < -0.39 is 11.8 Å². The highest BCUT2D eigenvalue weighted by Crippen LogP contribution is 2.25. The summed E-state index contributed by atoms with van der Waals surface area (Å²) in [5.41, 5.74) is 1.54. The van der Waals surface area contributed by atoms with Gasteiger partial charge in [0.1, 0.15) is 11.3 Å². The molecule has 3 rings (SSSR count). The number of halogens is 1. The predicted octanol–water partition coefficient (Wildman–Crippen LogP) is 3.33. The third-order valence-electron chi connectivity index (χ3n) is 2.71. The molecule has 0 aliphatic carbocycles. The molecule has 94 valence electrons. The van der Waals surface area contributed by atoms with Crippen LogP contribution in [0.1, 0.15) is 10.4 Å². The minimum absolute atomic E-state index is 0.144. The third-order valence-corrected chi connectivity index (χ3v) is 2.71. The summed E-state index contributed by atoms with van der Waals surface area (Å²) >= 11 is 0. The number of hydrogen-bond acceptors (Lipinski definition) is 3. The Balaban J connectivity index is 2.13. The molecule has 0 bridgehead atoms. The molecule has 4 nitrogen and oxygen atoms in total. The van der Waals surface area contributed by atoms with E-state index in [2.05, 4.69) is 4.98 Å². The third kappa shape index (κ3) is 2.06. The number of benzene rings is 2. The van der Waals surface area contributed by atoms with Crippen LogP contribution < -0.4 is 0 Å². The Bertz CT molecular complexity index is 779. The van der Waals surface area contributed by atoms with Crippen LogP contribution >= 0.6 is 0 Å². The zero-order valence-electron chi connectivity index (χ0n) is 9.63. The molecule has 0 spiro atoms. The normalized spacial score (nSPS) is 10.8. The van der Waals surface area contributed by atoms with Gasteiger partial charge in [0.05, 0.1) is 5.56 Å². The van der Waals surface area contributed by atoms with Crippen LogP contribution in [0.25, 0.3) is 22.6 Å². The Kier molecular flexibility index (Phi) is 2.52. The molecule has 0 saturated heterocycles. The van der Waals surface area contributed by atoms with E-state index in [4.69, 9.17) is 9.52 Å². The number of fused-ring (bicyclic) bond motifs is 1. The molecule has 2 aromatic carbocycles. The molecule has 3 aromatic rings. The molecule has 0 unspecified atom stereocenters. The number of oxazole rings is 1. The summed E-state index contributed by atoms with van der Waals surface area (Å²) in [7, 11) is 0. The molecule has 0 amide bonds. The van der Waals surface area contributed by atoms with Gasteiger partial charge in [-0.3, -0.25) is 0 Å².